The molecule has 10 heteroatoms. The highest BCUT2D eigenvalue weighted by Gasteiger charge is 2.17. The van der Waals surface area contributed by atoms with Crippen LogP contribution < -0.4 is 22.0 Å². The van der Waals surface area contributed by atoms with Gasteiger partial charge in [0.1, 0.15) is 5.69 Å². The summed E-state index contributed by atoms with van der Waals surface area (Å²) in [4.78, 5) is 54.8. The highest BCUT2D eigenvalue weighted by molar-refractivity contribution is 6.05. The predicted octanol–water partition coefficient (Wildman–Crippen LogP) is 1.84. The van der Waals surface area contributed by atoms with Crippen LogP contribution in [0.1, 0.15) is 42.4 Å². The predicted molar refractivity (Wildman–Crippen MR) is 132 cm³/mol. The Balaban J connectivity index is 1.46. The minimum absolute atomic E-state index is 0.0120. The van der Waals surface area contributed by atoms with Crippen molar-refractivity contribution in [3.8, 4) is 0 Å². The van der Waals surface area contributed by atoms with E-state index < -0.39 is 11.8 Å². The molecule has 2 amide bonds. The Morgan fingerprint density at radius 2 is 1.66 bits per heavy atom. The molecule has 0 aliphatic rings. The second kappa shape index (κ2) is 10.3. The van der Waals surface area contributed by atoms with E-state index in [-0.39, 0.29) is 29.7 Å². The standard InChI is InChI=1S/C25H26N6O4/c1-3-4-15-31-20-12-8-7-11-18(20)26-19(25(31)35)13-14-21(32)27-28-23(33)22-16-9-5-6-10-17(16)24(34)30(2)29-22/h5-12H,3-4,13-15H2,1-2H3,(H,27,32)(H,28,33). The summed E-state index contributed by atoms with van der Waals surface area (Å²) >= 11 is 0. The minimum Gasteiger partial charge on any atom is -0.305 e. The zero-order valence-corrected chi connectivity index (χ0v) is 19.6. The first-order valence-electron chi connectivity index (χ1n) is 11.4. The van der Waals surface area contributed by atoms with Crippen LogP contribution in [-0.4, -0.2) is 31.1 Å². The lowest BCUT2D eigenvalue weighted by molar-refractivity contribution is -0.121. The zero-order chi connectivity index (χ0) is 24.9. The third-order valence-electron chi connectivity index (χ3n) is 5.73. The van der Waals surface area contributed by atoms with E-state index in [0.29, 0.717) is 28.5 Å². The number of nitrogens with zero attached hydrogens (tertiary/aromatic N) is 4. The van der Waals surface area contributed by atoms with Crippen LogP contribution in [0.15, 0.2) is 58.1 Å². The van der Waals surface area contributed by atoms with Gasteiger partial charge in [0, 0.05) is 31.8 Å². The third-order valence-corrected chi connectivity index (χ3v) is 5.73. The number of nitrogens with one attached hydrogen (secondary N) is 2. The van der Waals surface area contributed by atoms with Crippen LogP contribution in [0.4, 0.5) is 0 Å². The average Bonchev–Trinajstić information content (AvgIpc) is 2.87. The average molecular weight is 475 g/mol. The van der Waals surface area contributed by atoms with E-state index in [1.807, 2.05) is 24.3 Å². The quantitative estimate of drug-likeness (QED) is 0.394. The van der Waals surface area contributed by atoms with Gasteiger partial charge in [0.2, 0.25) is 5.91 Å². The lowest BCUT2D eigenvalue weighted by Crippen LogP contribution is -2.43. The zero-order valence-electron chi connectivity index (χ0n) is 19.6. The number of hydrazine groups is 1. The van der Waals surface area contributed by atoms with E-state index in [1.165, 1.54) is 7.05 Å². The normalized spacial score (nSPS) is 11.0. The van der Waals surface area contributed by atoms with E-state index >= 15 is 0 Å². The number of hydrogen-bond donors (Lipinski definition) is 2. The minimum atomic E-state index is -0.657. The number of rotatable bonds is 7. The molecule has 2 heterocycles. The topological polar surface area (TPSA) is 128 Å². The van der Waals surface area contributed by atoms with Gasteiger partial charge in [-0.25, -0.2) is 9.67 Å². The number of aryl methyl sites for hydroxylation is 3. The van der Waals surface area contributed by atoms with Crippen molar-refractivity contribution >= 4 is 33.6 Å². The van der Waals surface area contributed by atoms with Crippen molar-refractivity contribution in [1.29, 1.82) is 0 Å². The maximum Gasteiger partial charge on any atom is 0.290 e. The number of amides is 2. The summed E-state index contributed by atoms with van der Waals surface area (Å²) in [6.45, 7) is 2.63. The number of fused-ring (bicyclic) bond motifs is 2. The third kappa shape index (κ3) is 4.96. The molecule has 2 aromatic carbocycles. The van der Waals surface area contributed by atoms with Crippen molar-refractivity contribution in [1.82, 2.24) is 30.2 Å². The summed E-state index contributed by atoms with van der Waals surface area (Å²) in [6.07, 6.45) is 1.88. The van der Waals surface area contributed by atoms with Crippen molar-refractivity contribution in [2.75, 3.05) is 0 Å². The summed E-state index contributed by atoms with van der Waals surface area (Å²) < 4.78 is 2.78. The molecule has 0 atom stereocenters. The van der Waals surface area contributed by atoms with Crippen molar-refractivity contribution in [3.05, 3.63) is 80.6 Å². The van der Waals surface area contributed by atoms with Crippen LogP contribution in [0.5, 0.6) is 0 Å². The van der Waals surface area contributed by atoms with Crippen LogP contribution in [-0.2, 0) is 24.8 Å². The molecule has 0 radical (unpaired) electrons. The fourth-order valence-corrected chi connectivity index (χ4v) is 3.89. The Kier molecular flexibility index (Phi) is 7.00. The Labute approximate surface area is 200 Å². The van der Waals surface area contributed by atoms with Gasteiger partial charge in [-0.05, 0) is 24.6 Å². The van der Waals surface area contributed by atoms with Gasteiger partial charge in [0.15, 0.2) is 5.69 Å². The molecule has 4 aromatic rings. The Bertz CT molecular complexity index is 1540. The highest BCUT2D eigenvalue weighted by Crippen LogP contribution is 2.13. The lowest BCUT2D eigenvalue weighted by Gasteiger charge is -2.12. The number of unbranched alkanes of at least 4 members (excludes halogenated alkanes) is 1. The summed E-state index contributed by atoms with van der Waals surface area (Å²) in [5.74, 6) is -1.14. The van der Waals surface area contributed by atoms with Crippen LogP contribution in [0.3, 0.4) is 0 Å². The molecule has 2 N–H and O–H groups in total. The van der Waals surface area contributed by atoms with Crippen molar-refractivity contribution in [3.63, 3.8) is 0 Å². The second-order valence-corrected chi connectivity index (χ2v) is 8.18. The van der Waals surface area contributed by atoms with Gasteiger partial charge in [0.05, 0.1) is 16.4 Å². The van der Waals surface area contributed by atoms with E-state index in [1.54, 1.807) is 28.8 Å². The van der Waals surface area contributed by atoms with Gasteiger partial charge in [-0.15, -0.1) is 0 Å². The summed E-state index contributed by atoms with van der Waals surface area (Å²) in [7, 11) is 1.45. The number of hydrogen-bond acceptors (Lipinski definition) is 6. The highest BCUT2D eigenvalue weighted by atomic mass is 16.2. The Morgan fingerprint density at radius 1 is 0.943 bits per heavy atom. The van der Waals surface area contributed by atoms with Crippen LogP contribution in [0.2, 0.25) is 0 Å². The molecule has 4 rings (SSSR count). The van der Waals surface area contributed by atoms with E-state index in [4.69, 9.17) is 0 Å². The molecule has 35 heavy (non-hydrogen) atoms. The number of carbonyl (C=O) groups is 2. The van der Waals surface area contributed by atoms with Gasteiger partial charge >= 0.3 is 0 Å². The molecule has 0 saturated heterocycles. The maximum atomic E-state index is 13.0. The van der Waals surface area contributed by atoms with Crippen molar-refractivity contribution < 1.29 is 9.59 Å². The van der Waals surface area contributed by atoms with Crippen LogP contribution >= 0.6 is 0 Å². The molecule has 180 valence electrons. The van der Waals surface area contributed by atoms with Crippen molar-refractivity contribution in [2.24, 2.45) is 7.05 Å². The molecule has 0 bridgehead atoms. The molecule has 10 nitrogen and oxygen atoms in total. The second-order valence-electron chi connectivity index (χ2n) is 8.18. The van der Waals surface area contributed by atoms with Crippen LogP contribution in [0.25, 0.3) is 21.8 Å². The number of benzene rings is 2. The van der Waals surface area contributed by atoms with E-state index in [9.17, 15) is 19.2 Å². The largest absolute Gasteiger partial charge is 0.305 e. The lowest BCUT2D eigenvalue weighted by atomic mass is 10.1. The molecular formula is C25H26N6O4. The Morgan fingerprint density at radius 3 is 2.43 bits per heavy atom. The van der Waals surface area contributed by atoms with Gasteiger partial charge in [-0.1, -0.05) is 43.7 Å². The van der Waals surface area contributed by atoms with Gasteiger partial charge in [-0.2, -0.15) is 5.10 Å². The molecular weight excluding hydrogens is 448 g/mol. The van der Waals surface area contributed by atoms with E-state index in [0.717, 1.165) is 23.0 Å². The van der Waals surface area contributed by atoms with Gasteiger partial charge in [-0.3, -0.25) is 30.0 Å². The fourth-order valence-electron chi connectivity index (χ4n) is 3.89. The molecule has 0 saturated carbocycles. The van der Waals surface area contributed by atoms with Crippen LogP contribution in [0, 0.1) is 0 Å². The Hall–Kier alpha value is -4.34. The molecule has 0 aliphatic heterocycles. The van der Waals surface area contributed by atoms with Gasteiger partial charge < -0.3 is 4.57 Å². The number of carbonyl (C=O) groups excluding carboxylic acids is 2. The van der Waals surface area contributed by atoms with Crippen molar-refractivity contribution in [2.45, 2.75) is 39.2 Å². The number of para-hydroxylation sites is 2. The molecule has 0 unspecified atom stereocenters. The smallest absolute Gasteiger partial charge is 0.290 e. The first kappa shape index (κ1) is 23.8. The molecule has 0 aliphatic carbocycles. The molecule has 0 spiro atoms. The first-order chi connectivity index (χ1) is 16.9. The molecule has 0 fully saturated rings. The molecule has 2 aromatic heterocycles. The van der Waals surface area contributed by atoms with E-state index in [2.05, 4.69) is 27.9 Å². The summed E-state index contributed by atoms with van der Waals surface area (Å²) in [5, 5.41) is 4.77. The SMILES string of the molecule is CCCCn1c(=O)c(CCC(=O)NNC(=O)c2nn(C)c(=O)c3ccccc23)nc2ccccc21. The monoisotopic (exact) mass is 474 g/mol. The summed E-state index contributed by atoms with van der Waals surface area (Å²) in [6, 6.07) is 14.0. The number of aromatic nitrogens is 4. The maximum absolute atomic E-state index is 13.0. The van der Waals surface area contributed by atoms with Gasteiger partial charge in [0.25, 0.3) is 17.0 Å². The fraction of sp³-hybridized carbons (Fsp3) is 0.280. The first-order valence-corrected chi connectivity index (χ1v) is 11.4. The summed E-state index contributed by atoms with van der Waals surface area (Å²) in [5.41, 5.74) is 5.92.